The van der Waals surface area contributed by atoms with E-state index in [0.29, 0.717) is 12.0 Å². The lowest BCUT2D eigenvalue weighted by atomic mass is 9.96. The van der Waals surface area contributed by atoms with Crippen molar-refractivity contribution in [2.45, 2.75) is 45.1 Å². The largest absolute Gasteiger partial charge is 0.384 e. The van der Waals surface area contributed by atoms with Crippen LogP contribution in [0, 0.1) is 5.82 Å². The van der Waals surface area contributed by atoms with Crippen LogP contribution in [0.2, 0.25) is 0 Å². The lowest BCUT2D eigenvalue weighted by Crippen LogP contribution is -2.38. The number of carbonyl (C=O) groups is 1. The second-order valence-corrected chi connectivity index (χ2v) is 5.01. The summed E-state index contributed by atoms with van der Waals surface area (Å²) in [5, 5.41) is 13.0. The van der Waals surface area contributed by atoms with Gasteiger partial charge in [-0.25, -0.2) is 4.39 Å². The van der Waals surface area contributed by atoms with Crippen molar-refractivity contribution in [3.05, 3.63) is 35.6 Å². The molecule has 1 aromatic rings. The molecule has 3 nitrogen and oxygen atoms in total. The van der Waals surface area contributed by atoms with Gasteiger partial charge in [0.15, 0.2) is 0 Å². The molecular formula is C15H22FNO2. The summed E-state index contributed by atoms with van der Waals surface area (Å²) in [4.78, 5) is 11.6. The van der Waals surface area contributed by atoms with Crippen molar-refractivity contribution < 1.29 is 14.3 Å². The topological polar surface area (TPSA) is 49.3 Å². The van der Waals surface area contributed by atoms with Crippen molar-refractivity contribution in [2.24, 2.45) is 0 Å². The molecule has 1 unspecified atom stereocenters. The Kier molecular flexibility index (Phi) is 5.96. The Morgan fingerprint density at radius 3 is 2.53 bits per heavy atom. The first-order valence-electron chi connectivity index (χ1n) is 6.71. The molecule has 19 heavy (non-hydrogen) atoms. The fraction of sp³-hybridized carbons (Fsp3) is 0.533. The molecule has 2 N–H and O–H groups in total. The minimum Gasteiger partial charge on any atom is -0.384 e. The molecule has 4 heteroatoms. The molecule has 0 aliphatic heterocycles. The number of nitrogens with one attached hydrogen (secondary N) is 1. The summed E-state index contributed by atoms with van der Waals surface area (Å²) in [5.74, 6) is -0.404. The van der Waals surface area contributed by atoms with E-state index < -0.39 is 5.60 Å². The summed E-state index contributed by atoms with van der Waals surface area (Å²) < 4.78 is 12.8. The molecule has 1 amide bonds. The van der Waals surface area contributed by atoms with Gasteiger partial charge in [-0.05, 0) is 31.0 Å². The number of carbonyl (C=O) groups excluding carboxylic acids is 1. The van der Waals surface area contributed by atoms with Gasteiger partial charge in [0.05, 0.1) is 6.54 Å². The Bertz CT molecular complexity index is 401. The Hall–Kier alpha value is -1.42. The quantitative estimate of drug-likeness (QED) is 0.746. The van der Waals surface area contributed by atoms with Crippen LogP contribution in [0.25, 0.3) is 0 Å². The van der Waals surface area contributed by atoms with Crippen LogP contribution in [0.1, 0.15) is 45.1 Å². The maximum Gasteiger partial charge on any atom is 0.220 e. The predicted molar refractivity (Wildman–Crippen MR) is 73.1 cm³/mol. The maximum absolute atomic E-state index is 12.8. The SMILES string of the molecule is CCCCCC(=O)NCC(C)(O)c1ccc(F)cc1. The molecule has 1 atom stereocenters. The van der Waals surface area contributed by atoms with Gasteiger partial charge in [0.2, 0.25) is 5.91 Å². The molecule has 0 bridgehead atoms. The second kappa shape index (κ2) is 7.24. The highest BCUT2D eigenvalue weighted by molar-refractivity contribution is 5.75. The van der Waals surface area contributed by atoms with Crippen molar-refractivity contribution >= 4 is 5.91 Å². The van der Waals surface area contributed by atoms with Gasteiger partial charge in [-0.2, -0.15) is 0 Å². The first kappa shape index (κ1) is 15.6. The number of benzene rings is 1. The van der Waals surface area contributed by atoms with Crippen molar-refractivity contribution in [3.8, 4) is 0 Å². The van der Waals surface area contributed by atoms with E-state index in [1.165, 1.54) is 24.3 Å². The van der Waals surface area contributed by atoms with Crippen molar-refractivity contribution in [3.63, 3.8) is 0 Å². The van der Waals surface area contributed by atoms with Crippen LogP contribution < -0.4 is 5.32 Å². The highest BCUT2D eigenvalue weighted by Crippen LogP contribution is 2.19. The van der Waals surface area contributed by atoms with Crippen LogP contribution in [-0.4, -0.2) is 17.6 Å². The van der Waals surface area contributed by atoms with E-state index in [1.807, 2.05) is 0 Å². The molecule has 0 fully saturated rings. The molecule has 0 radical (unpaired) electrons. The standard InChI is InChI=1S/C15H22FNO2/c1-3-4-5-6-14(18)17-11-15(2,19)12-7-9-13(16)10-8-12/h7-10,19H,3-6,11H2,1-2H3,(H,17,18). The number of unbranched alkanes of at least 4 members (excludes halogenated alkanes) is 2. The normalized spacial score (nSPS) is 13.9. The fourth-order valence-electron chi connectivity index (χ4n) is 1.81. The molecule has 0 spiro atoms. The minimum atomic E-state index is -1.19. The first-order chi connectivity index (χ1) is 8.95. The van der Waals surface area contributed by atoms with E-state index in [2.05, 4.69) is 12.2 Å². The van der Waals surface area contributed by atoms with E-state index in [-0.39, 0.29) is 18.3 Å². The lowest BCUT2D eigenvalue weighted by molar-refractivity contribution is -0.122. The molecule has 0 aliphatic carbocycles. The van der Waals surface area contributed by atoms with E-state index in [4.69, 9.17) is 0 Å². The molecule has 0 heterocycles. The van der Waals surface area contributed by atoms with E-state index >= 15 is 0 Å². The van der Waals surface area contributed by atoms with Crippen molar-refractivity contribution in [2.75, 3.05) is 6.54 Å². The number of halogens is 1. The number of hydrogen-bond acceptors (Lipinski definition) is 2. The van der Waals surface area contributed by atoms with Gasteiger partial charge in [-0.15, -0.1) is 0 Å². The summed E-state index contributed by atoms with van der Waals surface area (Å²) in [7, 11) is 0. The zero-order valence-electron chi connectivity index (χ0n) is 11.6. The van der Waals surface area contributed by atoms with Crippen LogP contribution in [0.4, 0.5) is 4.39 Å². The van der Waals surface area contributed by atoms with E-state index in [1.54, 1.807) is 6.92 Å². The molecular weight excluding hydrogens is 245 g/mol. The van der Waals surface area contributed by atoms with Gasteiger partial charge >= 0.3 is 0 Å². The highest BCUT2D eigenvalue weighted by atomic mass is 19.1. The van der Waals surface area contributed by atoms with Gasteiger partial charge in [-0.3, -0.25) is 4.79 Å². The third kappa shape index (κ3) is 5.39. The number of hydrogen-bond donors (Lipinski definition) is 2. The monoisotopic (exact) mass is 267 g/mol. The zero-order valence-corrected chi connectivity index (χ0v) is 11.6. The second-order valence-electron chi connectivity index (χ2n) is 5.01. The highest BCUT2D eigenvalue weighted by Gasteiger charge is 2.23. The third-order valence-corrected chi connectivity index (χ3v) is 3.10. The molecule has 0 saturated carbocycles. The molecule has 0 aliphatic rings. The summed E-state index contributed by atoms with van der Waals surface area (Å²) >= 11 is 0. The van der Waals surface area contributed by atoms with Crippen LogP contribution in [0.15, 0.2) is 24.3 Å². The van der Waals surface area contributed by atoms with Gasteiger partial charge in [0, 0.05) is 6.42 Å². The van der Waals surface area contributed by atoms with E-state index in [9.17, 15) is 14.3 Å². The van der Waals surface area contributed by atoms with Crippen LogP contribution >= 0.6 is 0 Å². The Balaban J connectivity index is 2.46. The van der Waals surface area contributed by atoms with Crippen LogP contribution in [-0.2, 0) is 10.4 Å². The Labute approximate surface area is 113 Å². The summed E-state index contributed by atoms with van der Waals surface area (Å²) in [6.07, 6.45) is 3.44. The Morgan fingerprint density at radius 1 is 1.32 bits per heavy atom. The summed E-state index contributed by atoms with van der Waals surface area (Å²) in [6, 6.07) is 5.65. The van der Waals surface area contributed by atoms with Gasteiger partial charge in [-0.1, -0.05) is 31.9 Å². The Morgan fingerprint density at radius 2 is 1.95 bits per heavy atom. The zero-order chi connectivity index (χ0) is 14.3. The van der Waals surface area contributed by atoms with E-state index in [0.717, 1.165) is 19.3 Å². The summed E-state index contributed by atoms with van der Waals surface area (Å²) in [6.45, 7) is 3.81. The third-order valence-electron chi connectivity index (χ3n) is 3.10. The molecule has 0 aromatic heterocycles. The molecule has 106 valence electrons. The molecule has 0 saturated heterocycles. The predicted octanol–water partition coefficient (Wildman–Crippen LogP) is 2.73. The van der Waals surface area contributed by atoms with Crippen molar-refractivity contribution in [1.82, 2.24) is 5.32 Å². The number of amides is 1. The molecule has 1 aromatic carbocycles. The van der Waals surface area contributed by atoms with Gasteiger partial charge < -0.3 is 10.4 Å². The van der Waals surface area contributed by atoms with Crippen LogP contribution in [0.3, 0.4) is 0 Å². The average molecular weight is 267 g/mol. The molecule has 1 rings (SSSR count). The number of aliphatic hydroxyl groups is 1. The maximum atomic E-state index is 12.8. The van der Waals surface area contributed by atoms with Gasteiger partial charge in [0.1, 0.15) is 11.4 Å². The van der Waals surface area contributed by atoms with Crippen LogP contribution in [0.5, 0.6) is 0 Å². The van der Waals surface area contributed by atoms with Gasteiger partial charge in [0.25, 0.3) is 0 Å². The van der Waals surface area contributed by atoms with Crippen molar-refractivity contribution in [1.29, 1.82) is 0 Å². The number of rotatable bonds is 7. The lowest BCUT2D eigenvalue weighted by Gasteiger charge is -2.24. The summed E-state index contributed by atoms with van der Waals surface area (Å²) in [5.41, 5.74) is -0.601. The minimum absolute atomic E-state index is 0.0594. The first-order valence-corrected chi connectivity index (χ1v) is 6.71. The average Bonchev–Trinajstić information content (AvgIpc) is 2.37. The fourth-order valence-corrected chi connectivity index (χ4v) is 1.81. The smallest absolute Gasteiger partial charge is 0.220 e.